The number of rotatable bonds is 3. The molecule has 1 fully saturated rings. The van der Waals surface area contributed by atoms with E-state index in [0.29, 0.717) is 25.2 Å². The number of carbonyl (C=O) groups is 2. The van der Waals surface area contributed by atoms with Gasteiger partial charge in [0.1, 0.15) is 11.9 Å². The lowest BCUT2D eigenvalue weighted by atomic mass is 10.1. The molecule has 1 saturated heterocycles. The van der Waals surface area contributed by atoms with Crippen molar-refractivity contribution in [2.75, 3.05) is 19.6 Å². The van der Waals surface area contributed by atoms with Crippen LogP contribution in [0.1, 0.15) is 5.56 Å². The Balaban J connectivity index is 2.10. The fourth-order valence-corrected chi connectivity index (χ4v) is 2.16. The van der Waals surface area contributed by atoms with Gasteiger partial charge in [-0.05, 0) is 11.6 Å². The predicted molar refractivity (Wildman–Crippen MR) is 67.7 cm³/mol. The molecular weight excluding hydrogens is 249 g/mol. The van der Waals surface area contributed by atoms with Crippen LogP contribution in [0.15, 0.2) is 24.3 Å². The summed E-state index contributed by atoms with van der Waals surface area (Å²) in [5.74, 6) is -1.24. The molecule has 1 heterocycles. The number of halogens is 1. The molecule has 1 aliphatic rings. The number of carbonyl (C=O) groups excluding carboxylic acids is 2. The zero-order valence-corrected chi connectivity index (χ0v) is 10.4. The Morgan fingerprint density at radius 3 is 2.84 bits per heavy atom. The largest absolute Gasteiger partial charge is 0.368 e. The van der Waals surface area contributed by atoms with Crippen LogP contribution in [0.3, 0.4) is 0 Å². The van der Waals surface area contributed by atoms with E-state index in [0.717, 1.165) is 0 Å². The number of nitrogens with zero attached hydrogens (tertiary/aromatic N) is 1. The molecule has 2 amide bonds. The first kappa shape index (κ1) is 13.5. The predicted octanol–water partition coefficient (Wildman–Crippen LogP) is -0.346. The Morgan fingerprint density at radius 2 is 2.16 bits per heavy atom. The van der Waals surface area contributed by atoms with Crippen molar-refractivity contribution in [2.45, 2.75) is 12.5 Å². The van der Waals surface area contributed by atoms with Gasteiger partial charge in [0.25, 0.3) is 0 Å². The highest BCUT2D eigenvalue weighted by atomic mass is 19.1. The quantitative estimate of drug-likeness (QED) is 0.784. The minimum atomic E-state index is -0.659. The zero-order chi connectivity index (χ0) is 13.8. The first-order valence-corrected chi connectivity index (χ1v) is 6.12. The van der Waals surface area contributed by atoms with Crippen molar-refractivity contribution < 1.29 is 14.0 Å². The summed E-state index contributed by atoms with van der Waals surface area (Å²) in [5, 5.41) is 3.01. The molecule has 0 spiro atoms. The molecule has 2 rings (SSSR count). The normalized spacial score (nSPS) is 19.2. The molecule has 1 aliphatic heterocycles. The van der Waals surface area contributed by atoms with Gasteiger partial charge in [-0.1, -0.05) is 18.2 Å². The summed E-state index contributed by atoms with van der Waals surface area (Å²) >= 11 is 0. The first-order chi connectivity index (χ1) is 9.09. The summed E-state index contributed by atoms with van der Waals surface area (Å²) in [6.45, 7) is 1.35. The van der Waals surface area contributed by atoms with Crippen LogP contribution in [0, 0.1) is 5.82 Å². The summed E-state index contributed by atoms with van der Waals surface area (Å²) in [4.78, 5) is 24.9. The maximum absolute atomic E-state index is 13.5. The summed E-state index contributed by atoms with van der Waals surface area (Å²) in [6, 6.07) is 5.46. The number of piperazine rings is 1. The summed E-state index contributed by atoms with van der Waals surface area (Å²) in [5.41, 5.74) is 5.60. The van der Waals surface area contributed by atoms with Crippen molar-refractivity contribution in [3.8, 4) is 0 Å². The zero-order valence-electron chi connectivity index (χ0n) is 10.4. The van der Waals surface area contributed by atoms with E-state index in [4.69, 9.17) is 5.73 Å². The maximum Gasteiger partial charge on any atom is 0.241 e. The molecule has 0 radical (unpaired) electrons. The van der Waals surface area contributed by atoms with E-state index in [2.05, 4.69) is 5.32 Å². The van der Waals surface area contributed by atoms with E-state index in [1.807, 2.05) is 0 Å². The van der Waals surface area contributed by atoms with Crippen LogP contribution in [0.25, 0.3) is 0 Å². The Morgan fingerprint density at radius 1 is 1.42 bits per heavy atom. The smallest absolute Gasteiger partial charge is 0.241 e. The monoisotopic (exact) mass is 265 g/mol. The van der Waals surface area contributed by atoms with E-state index in [1.165, 1.54) is 11.0 Å². The second-order valence-electron chi connectivity index (χ2n) is 4.48. The third kappa shape index (κ3) is 3.08. The second-order valence-corrected chi connectivity index (χ2v) is 4.48. The van der Waals surface area contributed by atoms with Crippen molar-refractivity contribution in [2.24, 2.45) is 5.73 Å². The van der Waals surface area contributed by atoms with Crippen LogP contribution < -0.4 is 11.1 Å². The lowest BCUT2D eigenvalue weighted by molar-refractivity contribution is -0.139. The molecule has 6 heteroatoms. The van der Waals surface area contributed by atoms with Gasteiger partial charge in [-0.15, -0.1) is 0 Å². The van der Waals surface area contributed by atoms with Gasteiger partial charge < -0.3 is 16.0 Å². The van der Waals surface area contributed by atoms with E-state index in [-0.39, 0.29) is 12.3 Å². The SMILES string of the molecule is NC(=O)[C@H]1CNCCN1C(=O)Cc1ccccc1F. The lowest BCUT2D eigenvalue weighted by Crippen LogP contribution is -2.59. The third-order valence-corrected chi connectivity index (χ3v) is 3.19. The summed E-state index contributed by atoms with van der Waals surface area (Å²) < 4.78 is 13.5. The molecule has 0 bridgehead atoms. The number of primary amides is 1. The van der Waals surface area contributed by atoms with Crippen LogP contribution >= 0.6 is 0 Å². The number of nitrogens with one attached hydrogen (secondary N) is 1. The van der Waals surface area contributed by atoms with Crippen LogP contribution in [-0.4, -0.2) is 42.4 Å². The maximum atomic E-state index is 13.5. The number of hydrogen-bond acceptors (Lipinski definition) is 3. The highest BCUT2D eigenvalue weighted by Gasteiger charge is 2.30. The molecular formula is C13H16FN3O2. The average Bonchev–Trinajstić information content (AvgIpc) is 2.41. The van der Waals surface area contributed by atoms with E-state index >= 15 is 0 Å². The van der Waals surface area contributed by atoms with E-state index in [1.54, 1.807) is 18.2 Å². The fraction of sp³-hybridized carbons (Fsp3) is 0.385. The van der Waals surface area contributed by atoms with Crippen LogP contribution in [0.2, 0.25) is 0 Å². The topological polar surface area (TPSA) is 75.4 Å². The van der Waals surface area contributed by atoms with Gasteiger partial charge in [0.15, 0.2) is 0 Å². The van der Waals surface area contributed by atoms with Gasteiger partial charge in [0.2, 0.25) is 11.8 Å². The molecule has 102 valence electrons. The Kier molecular flexibility index (Phi) is 4.11. The van der Waals surface area contributed by atoms with Crippen molar-refractivity contribution in [1.29, 1.82) is 0 Å². The Labute approximate surface area is 110 Å². The second kappa shape index (κ2) is 5.79. The standard InChI is InChI=1S/C13H16FN3O2/c14-10-4-2-1-3-9(10)7-12(18)17-6-5-16-8-11(17)13(15)19/h1-4,11,16H,5-8H2,(H2,15,19)/t11-/m1/s1. The minimum Gasteiger partial charge on any atom is -0.368 e. The summed E-state index contributed by atoms with van der Waals surface area (Å²) in [6.07, 6.45) is -0.0591. The van der Waals surface area contributed by atoms with Gasteiger partial charge in [-0.2, -0.15) is 0 Å². The van der Waals surface area contributed by atoms with E-state index < -0.39 is 17.8 Å². The first-order valence-electron chi connectivity index (χ1n) is 6.12. The van der Waals surface area contributed by atoms with Gasteiger partial charge >= 0.3 is 0 Å². The highest BCUT2D eigenvalue weighted by molar-refractivity contribution is 5.88. The van der Waals surface area contributed by atoms with Gasteiger partial charge in [0, 0.05) is 19.6 Å². The minimum absolute atomic E-state index is 0.0591. The van der Waals surface area contributed by atoms with Crippen LogP contribution in [0.4, 0.5) is 4.39 Å². The molecule has 1 aromatic carbocycles. The molecule has 0 aliphatic carbocycles. The van der Waals surface area contributed by atoms with Crippen LogP contribution in [-0.2, 0) is 16.0 Å². The van der Waals surface area contributed by atoms with Gasteiger partial charge in [0.05, 0.1) is 6.42 Å². The third-order valence-electron chi connectivity index (χ3n) is 3.19. The fourth-order valence-electron chi connectivity index (χ4n) is 2.16. The molecule has 0 aromatic heterocycles. The molecule has 19 heavy (non-hydrogen) atoms. The summed E-state index contributed by atoms with van der Waals surface area (Å²) in [7, 11) is 0. The molecule has 3 N–H and O–H groups in total. The molecule has 5 nitrogen and oxygen atoms in total. The van der Waals surface area contributed by atoms with Crippen molar-refractivity contribution in [3.05, 3.63) is 35.6 Å². The molecule has 0 saturated carbocycles. The number of benzene rings is 1. The molecule has 1 aromatic rings. The van der Waals surface area contributed by atoms with E-state index in [9.17, 15) is 14.0 Å². The van der Waals surface area contributed by atoms with Crippen LogP contribution in [0.5, 0.6) is 0 Å². The van der Waals surface area contributed by atoms with Gasteiger partial charge in [-0.3, -0.25) is 9.59 Å². The highest BCUT2D eigenvalue weighted by Crippen LogP contribution is 2.11. The Bertz CT molecular complexity index is 493. The Hall–Kier alpha value is -1.95. The lowest BCUT2D eigenvalue weighted by Gasteiger charge is -2.34. The van der Waals surface area contributed by atoms with Gasteiger partial charge in [-0.25, -0.2) is 4.39 Å². The number of nitrogens with two attached hydrogens (primary N) is 1. The molecule has 1 atom stereocenters. The van der Waals surface area contributed by atoms with Crippen molar-refractivity contribution >= 4 is 11.8 Å². The van der Waals surface area contributed by atoms with Crippen molar-refractivity contribution in [1.82, 2.24) is 10.2 Å². The molecule has 0 unspecified atom stereocenters. The number of hydrogen-bond donors (Lipinski definition) is 2. The average molecular weight is 265 g/mol. The van der Waals surface area contributed by atoms with Crippen molar-refractivity contribution in [3.63, 3.8) is 0 Å². The number of amides is 2.